The van der Waals surface area contributed by atoms with Crippen molar-refractivity contribution < 1.29 is 0 Å². The second-order valence-electron chi connectivity index (χ2n) is 3.25. The van der Waals surface area contributed by atoms with Crippen molar-refractivity contribution in [3.8, 4) is 0 Å². The van der Waals surface area contributed by atoms with Gasteiger partial charge in [0, 0.05) is 13.1 Å². The van der Waals surface area contributed by atoms with Gasteiger partial charge in [-0.05, 0) is 24.9 Å². The summed E-state index contributed by atoms with van der Waals surface area (Å²) in [6.45, 7) is 12.2. The highest BCUT2D eigenvalue weighted by Crippen LogP contribution is 2.04. The molecule has 0 unspecified atom stereocenters. The Morgan fingerprint density at radius 2 is 2.09 bits per heavy atom. The van der Waals surface area contributed by atoms with E-state index in [0.717, 1.165) is 19.0 Å². The first-order chi connectivity index (χ1) is 5.07. The minimum Gasteiger partial charge on any atom is -0.385 e. The molecule has 0 saturated carbocycles. The fourth-order valence-corrected chi connectivity index (χ4v) is 0.919. The zero-order valence-corrected chi connectivity index (χ0v) is 7.93. The van der Waals surface area contributed by atoms with E-state index in [1.807, 2.05) is 0 Å². The Balaban J connectivity index is 3.61. The van der Waals surface area contributed by atoms with E-state index in [1.165, 1.54) is 6.42 Å². The maximum Gasteiger partial charge on any atom is 0.137 e. The molecule has 0 saturated heterocycles. The zero-order valence-electron chi connectivity index (χ0n) is 7.93. The fraction of sp³-hybridized carbons (Fsp3) is 0.778. The lowest BCUT2D eigenvalue weighted by Crippen LogP contribution is -2.24. The number of hydrogen-bond acceptors (Lipinski definition) is 1. The van der Waals surface area contributed by atoms with Gasteiger partial charge in [0.2, 0.25) is 0 Å². The molecule has 0 atom stereocenters. The van der Waals surface area contributed by atoms with Crippen LogP contribution < -0.4 is 0 Å². The van der Waals surface area contributed by atoms with Crippen molar-refractivity contribution in [3.05, 3.63) is 12.2 Å². The van der Waals surface area contributed by atoms with Gasteiger partial charge in [-0.1, -0.05) is 20.4 Å². The minimum atomic E-state index is 0.688. The van der Waals surface area contributed by atoms with Crippen LogP contribution in [0.1, 0.15) is 27.2 Å². The molecule has 11 heavy (non-hydrogen) atoms. The first kappa shape index (κ1) is 10.6. The Morgan fingerprint density at radius 3 is 2.36 bits per heavy atom. The largest absolute Gasteiger partial charge is 0.385 e. The molecule has 0 fully saturated rings. The first-order valence-corrected chi connectivity index (χ1v) is 4.27. The monoisotopic (exact) mass is 151 g/mol. The van der Waals surface area contributed by atoms with Crippen LogP contribution in [-0.4, -0.2) is 25.8 Å². The minimum absolute atomic E-state index is 0.688. The third kappa shape index (κ3) is 4.94. The quantitative estimate of drug-likeness (QED) is 0.543. The van der Waals surface area contributed by atoms with E-state index < -0.39 is 0 Å². The summed E-state index contributed by atoms with van der Waals surface area (Å²) in [4.78, 5) is 2.10. The summed E-state index contributed by atoms with van der Waals surface area (Å²) in [5.74, 6) is 0.739. The highest BCUT2D eigenvalue weighted by Gasteiger charge is 2.01. The van der Waals surface area contributed by atoms with Crippen molar-refractivity contribution in [3.63, 3.8) is 0 Å². The average Bonchev–Trinajstić information content (AvgIpc) is 1.87. The van der Waals surface area contributed by atoms with E-state index in [0.29, 0.717) is 5.60 Å². The Labute approximate surface area is 71.9 Å². The second kappa shape index (κ2) is 5.28. The highest BCUT2D eigenvalue weighted by atomic mass is 15.1. The number of nitrogens with zero attached hydrogens (tertiary/aromatic N) is 1. The van der Waals surface area contributed by atoms with Gasteiger partial charge < -0.3 is 4.90 Å². The average molecular weight is 151 g/mol. The molecule has 1 nitrogen and oxygen atoms in total. The molecule has 0 aromatic heterocycles. The van der Waals surface area contributed by atoms with Crippen LogP contribution in [0.4, 0.5) is 0 Å². The summed E-state index contributed by atoms with van der Waals surface area (Å²) >= 11 is 0. The summed E-state index contributed by atoms with van der Waals surface area (Å²) in [5, 5.41) is 0. The lowest BCUT2D eigenvalue weighted by Gasteiger charge is -2.24. The van der Waals surface area contributed by atoms with E-state index in [4.69, 9.17) is 7.85 Å². The van der Waals surface area contributed by atoms with E-state index in [-0.39, 0.29) is 0 Å². The van der Waals surface area contributed by atoms with Crippen molar-refractivity contribution in [2.75, 3.05) is 13.1 Å². The molecule has 0 amide bonds. The Kier molecular flexibility index (Phi) is 5.09. The lowest BCUT2D eigenvalue weighted by molar-refractivity contribution is 0.353. The Hall–Kier alpha value is -0.395. The van der Waals surface area contributed by atoms with Crippen molar-refractivity contribution in [1.29, 1.82) is 0 Å². The van der Waals surface area contributed by atoms with Crippen LogP contribution >= 0.6 is 0 Å². The van der Waals surface area contributed by atoms with Gasteiger partial charge >= 0.3 is 0 Å². The van der Waals surface area contributed by atoms with Crippen LogP contribution in [0.2, 0.25) is 0 Å². The molecule has 0 aromatic carbocycles. The SMILES string of the molecule is [B]C(=C)N(CC)CCC(C)C. The van der Waals surface area contributed by atoms with Gasteiger partial charge in [0.25, 0.3) is 0 Å². The first-order valence-electron chi connectivity index (χ1n) is 4.27. The summed E-state index contributed by atoms with van der Waals surface area (Å²) in [5.41, 5.74) is 0.688. The summed E-state index contributed by atoms with van der Waals surface area (Å²) in [6.07, 6.45) is 1.18. The van der Waals surface area contributed by atoms with Gasteiger partial charge in [-0.2, -0.15) is 0 Å². The third-order valence-corrected chi connectivity index (χ3v) is 1.76. The summed E-state index contributed by atoms with van der Waals surface area (Å²) < 4.78 is 0. The van der Waals surface area contributed by atoms with Gasteiger partial charge in [-0.3, -0.25) is 0 Å². The molecule has 2 radical (unpaired) electrons. The van der Waals surface area contributed by atoms with E-state index in [1.54, 1.807) is 0 Å². The fourth-order valence-electron chi connectivity index (χ4n) is 0.919. The highest BCUT2D eigenvalue weighted by molar-refractivity contribution is 6.20. The predicted molar refractivity (Wildman–Crippen MR) is 51.6 cm³/mol. The van der Waals surface area contributed by atoms with Gasteiger partial charge in [0.1, 0.15) is 7.85 Å². The standard InChI is InChI=1S/C9H18BN/c1-5-11(9(4)10)7-6-8(2)3/h8H,4-7H2,1-3H3. The van der Waals surface area contributed by atoms with Crippen LogP contribution in [0.5, 0.6) is 0 Å². The van der Waals surface area contributed by atoms with Gasteiger partial charge in [0.15, 0.2) is 0 Å². The van der Waals surface area contributed by atoms with Crippen molar-refractivity contribution in [1.82, 2.24) is 4.90 Å². The normalized spacial score (nSPS) is 10.2. The van der Waals surface area contributed by atoms with Crippen LogP contribution in [0.15, 0.2) is 12.2 Å². The number of rotatable bonds is 5. The molecular formula is C9H18BN. The molecule has 62 valence electrons. The molecule has 0 aliphatic heterocycles. The molecule has 0 aromatic rings. The summed E-state index contributed by atoms with van der Waals surface area (Å²) in [7, 11) is 5.56. The second-order valence-corrected chi connectivity index (χ2v) is 3.25. The Bertz CT molecular complexity index is 121. The summed E-state index contributed by atoms with van der Waals surface area (Å²) in [6, 6.07) is 0. The maximum atomic E-state index is 5.56. The van der Waals surface area contributed by atoms with E-state index >= 15 is 0 Å². The van der Waals surface area contributed by atoms with E-state index in [9.17, 15) is 0 Å². The molecule has 0 N–H and O–H groups in total. The molecule has 0 spiro atoms. The Morgan fingerprint density at radius 1 is 1.55 bits per heavy atom. The topological polar surface area (TPSA) is 3.24 Å². The van der Waals surface area contributed by atoms with Gasteiger partial charge in [0.05, 0.1) is 0 Å². The lowest BCUT2D eigenvalue weighted by atomic mass is 10.0. The maximum absolute atomic E-state index is 5.56. The smallest absolute Gasteiger partial charge is 0.137 e. The predicted octanol–water partition coefficient (Wildman–Crippen LogP) is 1.99. The van der Waals surface area contributed by atoms with Crippen LogP contribution in [0.3, 0.4) is 0 Å². The van der Waals surface area contributed by atoms with Crippen molar-refractivity contribution >= 4 is 7.85 Å². The number of hydrogen-bond donors (Lipinski definition) is 0. The van der Waals surface area contributed by atoms with Crippen molar-refractivity contribution in [2.24, 2.45) is 5.92 Å². The van der Waals surface area contributed by atoms with Crippen molar-refractivity contribution in [2.45, 2.75) is 27.2 Å². The van der Waals surface area contributed by atoms with Crippen LogP contribution in [-0.2, 0) is 0 Å². The molecule has 0 bridgehead atoms. The third-order valence-electron chi connectivity index (χ3n) is 1.76. The molecule has 0 aliphatic carbocycles. The molecule has 2 heteroatoms. The zero-order chi connectivity index (χ0) is 8.85. The molecule has 0 rings (SSSR count). The van der Waals surface area contributed by atoms with Crippen LogP contribution in [0, 0.1) is 5.92 Å². The van der Waals surface area contributed by atoms with Crippen LogP contribution in [0.25, 0.3) is 0 Å². The van der Waals surface area contributed by atoms with Gasteiger partial charge in [-0.25, -0.2) is 0 Å². The van der Waals surface area contributed by atoms with Gasteiger partial charge in [-0.15, -0.1) is 0 Å². The molecule has 0 heterocycles. The van der Waals surface area contributed by atoms with E-state index in [2.05, 4.69) is 32.3 Å². The molecular weight excluding hydrogens is 133 g/mol. The molecule has 0 aliphatic rings.